The van der Waals surface area contributed by atoms with Crippen LogP contribution in [0.15, 0.2) is 90.2 Å². The van der Waals surface area contributed by atoms with Crippen molar-refractivity contribution in [2.24, 2.45) is 0 Å². The van der Waals surface area contributed by atoms with Crippen molar-refractivity contribution < 1.29 is 9.13 Å². The van der Waals surface area contributed by atoms with Crippen molar-refractivity contribution in [3.8, 4) is 11.8 Å². The highest BCUT2D eigenvalue weighted by Gasteiger charge is 2.20. The van der Waals surface area contributed by atoms with Gasteiger partial charge in [0.25, 0.3) is 5.56 Å². The lowest BCUT2D eigenvalue weighted by Crippen LogP contribution is -2.26. The summed E-state index contributed by atoms with van der Waals surface area (Å²) >= 11 is 0. The Morgan fingerprint density at radius 1 is 1.12 bits per heavy atom. The van der Waals surface area contributed by atoms with Gasteiger partial charge in [-0.3, -0.25) is 4.79 Å². The Labute approximate surface area is 191 Å². The molecule has 5 heteroatoms. The second-order valence-corrected chi connectivity index (χ2v) is 7.82. The third-order valence-electron chi connectivity index (χ3n) is 5.88. The topological polar surface area (TPSA) is 55.0 Å². The molecule has 4 nitrogen and oxygen atoms in total. The molecule has 33 heavy (non-hydrogen) atoms. The minimum atomic E-state index is -0.343. The predicted octanol–water partition coefficient (Wildman–Crippen LogP) is 5.58. The Bertz CT molecular complexity index is 1420. The van der Waals surface area contributed by atoms with Crippen LogP contribution in [-0.2, 0) is 13.0 Å². The van der Waals surface area contributed by atoms with Crippen molar-refractivity contribution in [2.45, 2.75) is 18.9 Å². The first-order valence-electron chi connectivity index (χ1n) is 10.6. The summed E-state index contributed by atoms with van der Waals surface area (Å²) in [4.78, 5) is 13.5. The van der Waals surface area contributed by atoms with Crippen molar-refractivity contribution in [2.75, 3.05) is 7.11 Å². The maximum atomic E-state index is 13.8. The lowest BCUT2D eigenvalue weighted by Gasteiger charge is -2.19. The summed E-state index contributed by atoms with van der Waals surface area (Å²) in [6, 6.07) is 23.5. The molecule has 3 aromatic carbocycles. The molecule has 0 aliphatic rings. The van der Waals surface area contributed by atoms with Gasteiger partial charge in [-0.1, -0.05) is 48.5 Å². The summed E-state index contributed by atoms with van der Waals surface area (Å²) in [5.74, 6) is 0.157. The number of nitriles is 1. The van der Waals surface area contributed by atoms with Gasteiger partial charge < -0.3 is 9.30 Å². The Balaban J connectivity index is 1.84. The van der Waals surface area contributed by atoms with Gasteiger partial charge in [0.1, 0.15) is 23.2 Å². The molecule has 1 heterocycles. The minimum Gasteiger partial charge on any atom is -0.497 e. The van der Waals surface area contributed by atoms with E-state index < -0.39 is 0 Å². The van der Waals surface area contributed by atoms with Crippen LogP contribution in [0.2, 0.25) is 0 Å². The molecule has 0 saturated carbocycles. The molecule has 0 fully saturated rings. The van der Waals surface area contributed by atoms with Crippen molar-refractivity contribution >= 4 is 10.9 Å². The lowest BCUT2D eigenvalue weighted by atomic mass is 9.88. The largest absolute Gasteiger partial charge is 0.497 e. The van der Waals surface area contributed by atoms with Crippen molar-refractivity contribution in [3.63, 3.8) is 0 Å². The van der Waals surface area contributed by atoms with Gasteiger partial charge >= 0.3 is 0 Å². The molecule has 0 aliphatic heterocycles. The number of pyridine rings is 1. The Morgan fingerprint density at radius 2 is 1.88 bits per heavy atom. The first-order chi connectivity index (χ1) is 16.0. The molecule has 0 radical (unpaired) electrons. The number of allylic oxidation sites excluding steroid dienone is 1. The van der Waals surface area contributed by atoms with Gasteiger partial charge in [0.2, 0.25) is 0 Å². The molecular weight excluding hydrogens is 415 g/mol. The van der Waals surface area contributed by atoms with Crippen LogP contribution in [0.5, 0.6) is 5.75 Å². The van der Waals surface area contributed by atoms with Crippen LogP contribution in [0.3, 0.4) is 0 Å². The number of hydrogen-bond acceptors (Lipinski definition) is 3. The second-order valence-electron chi connectivity index (χ2n) is 7.82. The maximum Gasteiger partial charge on any atom is 0.269 e. The van der Waals surface area contributed by atoms with Gasteiger partial charge in [-0.05, 0) is 53.4 Å². The van der Waals surface area contributed by atoms with E-state index in [4.69, 9.17) is 4.74 Å². The fourth-order valence-corrected chi connectivity index (χ4v) is 4.16. The third kappa shape index (κ3) is 4.42. The van der Waals surface area contributed by atoms with E-state index in [1.807, 2.05) is 54.6 Å². The van der Waals surface area contributed by atoms with E-state index in [1.165, 1.54) is 12.1 Å². The van der Waals surface area contributed by atoms with Gasteiger partial charge in [0.15, 0.2) is 0 Å². The molecule has 1 aromatic heterocycles. The van der Waals surface area contributed by atoms with Crippen LogP contribution in [0.1, 0.15) is 28.2 Å². The third-order valence-corrected chi connectivity index (χ3v) is 5.88. The van der Waals surface area contributed by atoms with E-state index in [2.05, 4.69) is 12.6 Å². The van der Waals surface area contributed by atoms with Crippen molar-refractivity contribution in [1.82, 2.24) is 4.57 Å². The van der Waals surface area contributed by atoms with E-state index in [0.29, 0.717) is 18.5 Å². The van der Waals surface area contributed by atoms with Gasteiger partial charge in [0, 0.05) is 11.3 Å². The van der Waals surface area contributed by atoms with Crippen molar-refractivity contribution in [1.29, 1.82) is 5.26 Å². The van der Waals surface area contributed by atoms with Crippen molar-refractivity contribution in [3.05, 3.63) is 124 Å². The number of rotatable bonds is 7. The Kier molecular flexibility index (Phi) is 6.37. The molecule has 4 rings (SSSR count). The fourth-order valence-electron chi connectivity index (χ4n) is 4.16. The number of aromatic nitrogens is 1. The molecule has 0 spiro atoms. The molecule has 0 bridgehead atoms. The molecule has 1 atom stereocenters. The average Bonchev–Trinajstić information content (AvgIpc) is 2.85. The highest BCUT2D eigenvalue weighted by Crippen LogP contribution is 2.29. The number of ether oxygens (including phenoxy) is 1. The molecular formula is C28H23FN2O2. The molecule has 4 aromatic rings. The summed E-state index contributed by atoms with van der Waals surface area (Å²) in [6.45, 7) is 4.24. The Morgan fingerprint density at radius 3 is 2.55 bits per heavy atom. The van der Waals surface area contributed by atoms with E-state index in [1.54, 1.807) is 23.8 Å². The summed E-state index contributed by atoms with van der Waals surface area (Å²) < 4.78 is 20.7. The number of methoxy groups -OCH3 is 1. The summed E-state index contributed by atoms with van der Waals surface area (Å²) in [6.07, 6.45) is 2.10. The van der Waals surface area contributed by atoms with Gasteiger partial charge in [-0.25, -0.2) is 4.39 Å². The molecule has 0 saturated heterocycles. The second kappa shape index (κ2) is 9.54. The van der Waals surface area contributed by atoms with E-state index in [0.717, 1.165) is 27.8 Å². The monoisotopic (exact) mass is 438 g/mol. The van der Waals surface area contributed by atoms with Gasteiger partial charge in [0.05, 0.1) is 19.2 Å². The number of fused-ring (bicyclic) bond motifs is 1. The number of nitrogens with zero attached hydrogens (tertiary/aromatic N) is 2. The molecule has 0 aliphatic carbocycles. The summed E-state index contributed by atoms with van der Waals surface area (Å²) in [5.41, 5.74) is 2.82. The quantitative estimate of drug-likeness (QED) is 0.354. The number of para-hydroxylation sites is 1. The molecule has 164 valence electrons. The average molecular weight is 439 g/mol. The van der Waals surface area contributed by atoms with Crippen LogP contribution in [-0.4, -0.2) is 11.7 Å². The molecule has 0 amide bonds. The number of halogens is 1. The zero-order valence-corrected chi connectivity index (χ0v) is 18.3. The summed E-state index contributed by atoms with van der Waals surface area (Å²) in [7, 11) is 1.60. The number of hydrogen-bond donors (Lipinski definition) is 0. The SMILES string of the molecule is C=C[C@H](Cc1c(C#N)c(=O)n(Cc2ccc(OC)cc2)c2ccccc12)c1cccc(F)c1. The molecule has 0 unspecified atom stereocenters. The van der Waals surface area contributed by atoms with Gasteiger partial charge in [-0.2, -0.15) is 5.26 Å². The lowest BCUT2D eigenvalue weighted by molar-refractivity contribution is 0.414. The van der Waals surface area contributed by atoms with Crippen LogP contribution >= 0.6 is 0 Å². The van der Waals surface area contributed by atoms with E-state index >= 15 is 0 Å². The van der Waals surface area contributed by atoms with Crippen LogP contribution in [0.25, 0.3) is 10.9 Å². The van der Waals surface area contributed by atoms with E-state index in [-0.39, 0.29) is 22.9 Å². The summed E-state index contributed by atoms with van der Waals surface area (Å²) in [5, 5.41) is 10.8. The van der Waals surface area contributed by atoms with E-state index in [9.17, 15) is 14.4 Å². The highest BCUT2D eigenvalue weighted by molar-refractivity contribution is 5.85. The van der Waals surface area contributed by atoms with Gasteiger partial charge in [-0.15, -0.1) is 6.58 Å². The number of benzene rings is 3. The fraction of sp³-hybridized carbons (Fsp3) is 0.143. The highest BCUT2D eigenvalue weighted by atomic mass is 19.1. The smallest absolute Gasteiger partial charge is 0.269 e. The van der Waals surface area contributed by atoms with Crippen LogP contribution in [0, 0.1) is 17.1 Å². The predicted molar refractivity (Wildman–Crippen MR) is 128 cm³/mol. The standard InChI is InChI=1S/C28H23FN2O2/c1-3-20(21-7-6-8-22(29)15-21)16-25-24-9-4-5-10-27(24)31(28(32)26(25)17-30)18-19-11-13-23(33-2)14-12-19/h3-15,20H,1,16,18H2,2H3/t20-/m1/s1. The Hall–Kier alpha value is -4.17. The first-order valence-corrected chi connectivity index (χ1v) is 10.6. The zero-order valence-electron chi connectivity index (χ0n) is 18.3. The maximum absolute atomic E-state index is 13.8. The minimum absolute atomic E-state index is 0.102. The first kappa shape index (κ1) is 22.0. The normalized spacial score (nSPS) is 11.7. The molecule has 0 N–H and O–H groups in total. The zero-order chi connectivity index (χ0) is 23.4. The van der Waals surface area contributed by atoms with Crippen LogP contribution < -0.4 is 10.3 Å². The van der Waals surface area contributed by atoms with Crippen LogP contribution in [0.4, 0.5) is 4.39 Å².